The second-order valence-electron chi connectivity index (χ2n) is 2.57. The van der Waals surface area contributed by atoms with Gasteiger partial charge in [-0.1, -0.05) is 37.8 Å². The molecule has 94 valence electrons. The second kappa shape index (κ2) is 10.7. The van der Waals surface area contributed by atoms with Gasteiger partial charge in [0.1, 0.15) is 0 Å². The number of carbonyl (C=O) groups is 1. The fraction of sp³-hybridized carbons (Fsp3) is 0.364. The van der Waals surface area contributed by atoms with Gasteiger partial charge in [0.2, 0.25) is 0 Å². The highest BCUT2D eigenvalue weighted by molar-refractivity contribution is 5.85. The minimum Gasteiger partial charge on any atom is -0.464 e. The summed E-state index contributed by atoms with van der Waals surface area (Å²) in [6, 6.07) is 8.71. The monoisotopic (exact) mass is 268 g/mol. The smallest absolute Gasteiger partial charge is 0.339 e. The van der Waals surface area contributed by atoms with Crippen molar-refractivity contribution < 1.29 is 14.6 Å². The summed E-state index contributed by atoms with van der Waals surface area (Å²) in [5.41, 5.74) is 0.556. The van der Waals surface area contributed by atoms with Crippen molar-refractivity contribution in [3.63, 3.8) is 0 Å². The molecule has 0 aliphatic rings. The number of ether oxygens (including phenoxy) is 1. The summed E-state index contributed by atoms with van der Waals surface area (Å²) in [6.45, 7) is 1.98. The predicted octanol–water partition coefficient (Wildman–Crippen LogP) is 2.76. The van der Waals surface area contributed by atoms with Gasteiger partial charge in [-0.15, -0.1) is 24.8 Å². The molecule has 5 heteroatoms. The molecular formula is C11H18Cl2O3. The number of aliphatic hydroxyl groups is 1. The summed E-state index contributed by atoms with van der Waals surface area (Å²) in [6.07, 6.45) is -1.17. The average molecular weight is 269 g/mol. The molecule has 0 bridgehead atoms. The number of aliphatic hydroxyl groups excluding tert-OH is 1. The van der Waals surface area contributed by atoms with Crippen LogP contribution >= 0.6 is 24.8 Å². The highest BCUT2D eigenvalue weighted by Gasteiger charge is 2.17. The van der Waals surface area contributed by atoms with E-state index in [1.54, 1.807) is 31.2 Å². The van der Waals surface area contributed by atoms with Crippen LogP contribution in [0, 0.1) is 0 Å². The van der Waals surface area contributed by atoms with Crippen LogP contribution < -0.4 is 0 Å². The second-order valence-corrected chi connectivity index (χ2v) is 2.57. The highest BCUT2D eigenvalue weighted by Crippen LogP contribution is 2.13. The zero-order valence-corrected chi connectivity index (χ0v) is 9.88. The Labute approximate surface area is 109 Å². The van der Waals surface area contributed by atoms with E-state index in [-0.39, 0.29) is 38.8 Å². The number of rotatable bonds is 3. The van der Waals surface area contributed by atoms with Gasteiger partial charge < -0.3 is 9.84 Å². The molecule has 3 nitrogen and oxygen atoms in total. The van der Waals surface area contributed by atoms with Gasteiger partial charge in [-0.25, -0.2) is 4.79 Å². The van der Waals surface area contributed by atoms with Crippen molar-refractivity contribution in [2.24, 2.45) is 0 Å². The van der Waals surface area contributed by atoms with Gasteiger partial charge in [0, 0.05) is 0 Å². The third-order valence-electron chi connectivity index (χ3n) is 1.63. The molecule has 0 saturated heterocycles. The van der Waals surface area contributed by atoms with E-state index in [2.05, 4.69) is 4.74 Å². The summed E-state index contributed by atoms with van der Waals surface area (Å²) in [4.78, 5) is 11.1. The highest BCUT2D eigenvalue weighted by atomic mass is 35.5. The quantitative estimate of drug-likeness (QED) is 0.858. The molecule has 1 aromatic carbocycles. The van der Waals surface area contributed by atoms with Gasteiger partial charge in [0.25, 0.3) is 0 Å². The van der Waals surface area contributed by atoms with E-state index in [1.807, 2.05) is 6.07 Å². The summed E-state index contributed by atoms with van der Waals surface area (Å²) in [5.74, 6) is -0.603. The van der Waals surface area contributed by atoms with Crippen LogP contribution in [-0.2, 0) is 9.53 Å². The van der Waals surface area contributed by atoms with Gasteiger partial charge in [0.15, 0.2) is 6.10 Å². The van der Waals surface area contributed by atoms with Crippen LogP contribution in [0.5, 0.6) is 0 Å². The van der Waals surface area contributed by atoms with Gasteiger partial charge in [-0.05, 0) is 12.5 Å². The van der Waals surface area contributed by atoms with Crippen LogP contribution in [0.1, 0.15) is 26.0 Å². The van der Waals surface area contributed by atoms with Crippen molar-refractivity contribution >= 4 is 30.8 Å². The van der Waals surface area contributed by atoms with E-state index >= 15 is 0 Å². The van der Waals surface area contributed by atoms with Gasteiger partial charge in [-0.2, -0.15) is 0 Å². The van der Waals surface area contributed by atoms with E-state index in [0.717, 1.165) is 0 Å². The average Bonchev–Trinajstić information content (AvgIpc) is 2.18. The zero-order valence-electron chi connectivity index (χ0n) is 8.25. The van der Waals surface area contributed by atoms with Crippen molar-refractivity contribution in [1.29, 1.82) is 0 Å². The molecule has 1 aromatic rings. The Hall–Kier alpha value is -0.770. The van der Waals surface area contributed by atoms with Crippen molar-refractivity contribution in [3.05, 3.63) is 35.9 Å². The summed E-state index contributed by atoms with van der Waals surface area (Å²) < 4.78 is 4.67. The number of benzene rings is 1. The van der Waals surface area contributed by atoms with Crippen molar-refractivity contribution in [2.45, 2.75) is 20.5 Å². The van der Waals surface area contributed by atoms with Crippen LogP contribution in [0.15, 0.2) is 30.3 Å². The van der Waals surface area contributed by atoms with E-state index in [9.17, 15) is 9.90 Å². The number of hydrogen-bond donors (Lipinski definition) is 1. The summed E-state index contributed by atoms with van der Waals surface area (Å²) in [5, 5.41) is 9.45. The van der Waals surface area contributed by atoms with E-state index in [1.165, 1.54) is 0 Å². The summed E-state index contributed by atoms with van der Waals surface area (Å²) in [7, 11) is 0. The molecule has 1 atom stereocenters. The molecule has 0 aliphatic heterocycles. The van der Waals surface area contributed by atoms with Gasteiger partial charge >= 0.3 is 5.97 Å². The normalized spacial score (nSPS) is 9.88. The first-order chi connectivity index (χ1) is 6.25. The van der Waals surface area contributed by atoms with Crippen LogP contribution in [0.4, 0.5) is 0 Å². The molecule has 0 radical (unpaired) electrons. The Kier molecular flexibility index (Phi) is 13.8. The predicted molar refractivity (Wildman–Crippen MR) is 69.3 cm³/mol. The Morgan fingerprint density at radius 1 is 1.31 bits per heavy atom. The standard InChI is InChI=1S/C10H12O3.CH4.2ClH/c1-2-13-10(12)9(11)8-6-4-3-5-7-8;;;/h3-7,9,11H,2H2,1H3;1H4;2*1H. The first-order valence-corrected chi connectivity index (χ1v) is 4.15. The minimum atomic E-state index is -1.17. The lowest BCUT2D eigenvalue weighted by Gasteiger charge is -2.08. The lowest BCUT2D eigenvalue weighted by atomic mass is 10.1. The third-order valence-corrected chi connectivity index (χ3v) is 1.63. The Bertz CT molecular complexity index is 278. The molecule has 1 N–H and O–H groups in total. The van der Waals surface area contributed by atoms with Crippen LogP contribution in [0.25, 0.3) is 0 Å². The fourth-order valence-electron chi connectivity index (χ4n) is 0.993. The number of hydrogen-bond acceptors (Lipinski definition) is 3. The lowest BCUT2D eigenvalue weighted by Crippen LogP contribution is -2.15. The Morgan fingerprint density at radius 2 is 1.81 bits per heavy atom. The van der Waals surface area contributed by atoms with Crippen LogP contribution in [-0.4, -0.2) is 17.7 Å². The Balaban J connectivity index is -0.000000563. The molecule has 0 fully saturated rings. The fourth-order valence-corrected chi connectivity index (χ4v) is 0.993. The molecule has 0 aromatic heterocycles. The van der Waals surface area contributed by atoms with E-state index in [4.69, 9.17) is 0 Å². The van der Waals surface area contributed by atoms with Gasteiger partial charge in [-0.3, -0.25) is 0 Å². The molecule has 16 heavy (non-hydrogen) atoms. The van der Waals surface area contributed by atoms with Crippen molar-refractivity contribution in [1.82, 2.24) is 0 Å². The van der Waals surface area contributed by atoms with Crippen LogP contribution in [0.2, 0.25) is 0 Å². The molecule has 0 amide bonds. The molecule has 0 saturated carbocycles. The Morgan fingerprint density at radius 3 is 2.25 bits per heavy atom. The number of carbonyl (C=O) groups excluding carboxylic acids is 1. The molecule has 0 aliphatic carbocycles. The maximum absolute atomic E-state index is 11.1. The van der Waals surface area contributed by atoms with E-state index in [0.29, 0.717) is 5.56 Å². The van der Waals surface area contributed by atoms with Crippen molar-refractivity contribution in [2.75, 3.05) is 6.61 Å². The molecule has 0 heterocycles. The minimum absolute atomic E-state index is 0. The maximum Gasteiger partial charge on any atom is 0.339 e. The molecule has 1 rings (SSSR count). The first-order valence-electron chi connectivity index (χ1n) is 4.15. The molecular weight excluding hydrogens is 251 g/mol. The molecule has 0 spiro atoms. The summed E-state index contributed by atoms with van der Waals surface area (Å²) >= 11 is 0. The largest absolute Gasteiger partial charge is 0.464 e. The first kappa shape index (κ1) is 20.6. The maximum atomic E-state index is 11.1. The third kappa shape index (κ3) is 5.95. The topological polar surface area (TPSA) is 46.5 Å². The number of halogens is 2. The molecule has 1 unspecified atom stereocenters. The lowest BCUT2D eigenvalue weighted by molar-refractivity contribution is -0.153. The van der Waals surface area contributed by atoms with Crippen molar-refractivity contribution in [3.8, 4) is 0 Å². The number of esters is 1. The van der Waals surface area contributed by atoms with Gasteiger partial charge in [0.05, 0.1) is 6.61 Å². The SMILES string of the molecule is C.CCOC(=O)C(O)c1ccccc1.Cl.Cl. The van der Waals surface area contributed by atoms with Crippen LogP contribution in [0.3, 0.4) is 0 Å². The van der Waals surface area contributed by atoms with E-state index < -0.39 is 12.1 Å². The zero-order chi connectivity index (χ0) is 9.68.